The van der Waals surface area contributed by atoms with Gasteiger partial charge in [-0.05, 0) is 147 Å². The minimum absolute atomic E-state index is 0.0214. The second-order valence-corrected chi connectivity index (χ2v) is 29.1. The maximum Gasteiger partial charge on any atom is 0.407 e. The lowest BCUT2D eigenvalue weighted by Gasteiger charge is -2.33. The first-order valence-corrected chi connectivity index (χ1v) is 34.6. The Morgan fingerprint density at radius 2 is 1.00 bits per heavy atom. The predicted octanol–water partition coefficient (Wildman–Crippen LogP) is 3.75. The maximum absolute atomic E-state index is 15.2. The third kappa shape index (κ3) is 27.8. The Morgan fingerprint density at radius 1 is 0.566 bits per heavy atom. The molecule has 3 aliphatic rings. The number of benzene rings is 1. The summed E-state index contributed by atoms with van der Waals surface area (Å²) in [6.07, 6.45) is -2.35. The standard InChI is InChI=1S/C68H109N15O16/c1-16-97-52(84)29-28-46-63(93)83-37-43(80-81-69)36-51(83)60(90)79-54(41(8)9)62(92)73-45(26-21-31-71-66(96)99-68(13,14)15)56(86)76-48(34-39(4)5)58(88)77-49(35-42-23-18-17-19-24-42)64(94)82-32-22-27-50(82)59(89)78-53(40(6)7)61(91)72-44(25-20-30-70-65(95)98-67(10,11)12)55(85)75-47(33-38(2)3)57(87)74-46/h17-19,23-24,38-41,43-51,53-54H,16,20-22,25-37H2,1-15H3,(H,70,95)(H,71,96)(H,72,91)(H,73,92)(H,74,87)(H,75,85)(H,76,86)(H,77,88)(H,78,89)(H,79,90)/t43-,44+,45+,46-,47+,48+,49-,50+,51+,53+,54+/m1/s1. The molecule has 4 rings (SSSR count). The van der Waals surface area contributed by atoms with E-state index < -0.39 is 180 Å². The van der Waals surface area contributed by atoms with E-state index in [4.69, 9.17) is 14.2 Å². The van der Waals surface area contributed by atoms with Crippen molar-refractivity contribution >= 4 is 77.2 Å². The SMILES string of the molecule is CCOC(=O)CC[C@H]1NC(=O)[C@H](CC(C)C)NC(=O)[C@H](CCCNC(=O)OC(C)(C)C)NC(=O)[C@H](C(C)C)NC(=O)[C@@H]2CCCN2C(=O)[C@@H](Cc2ccccc2)NC(=O)[C@H](CC(C)C)NC(=O)[C@H](CCCNC(=O)OC(C)(C)C)NC(=O)[C@H](C(C)C)NC(=O)[C@@H]2C[C@@H](N=[N+]=[N-])CN2C1=O. The van der Waals surface area contributed by atoms with Crippen molar-refractivity contribution < 1.29 is 76.5 Å². The fourth-order valence-electron chi connectivity index (χ4n) is 11.7. The molecular formula is C68H109N15O16. The summed E-state index contributed by atoms with van der Waals surface area (Å²) in [6.45, 7) is 24.9. The number of fused-ring (bicyclic) bond motifs is 2. The van der Waals surface area contributed by atoms with Gasteiger partial charge in [0.05, 0.1) is 12.6 Å². The number of nitrogens with one attached hydrogen (secondary N) is 10. The van der Waals surface area contributed by atoms with Gasteiger partial charge in [0.25, 0.3) is 0 Å². The predicted molar refractivity (Wildman–Crippen MR) is 365 cm³/mol. The fraction of sp³-hybridized carbons (Fsp3) is 0.721. The van der Waals surface area contributed by atoms with Gasteiger partial charge in [0.1, 0.15) is 71.6 Å². The van der Waals surface area contributed by atoms with Crippen molar-refractivity contribution in [1.82, 2.24) is 63.0 Å². The highest BCUT2D eigenvalue weighted by molar-refractivity contribution is 6.00. The van der Waals surface area contributed by atoms with Crippen molar-refractivity contribution in [1.29, 1.82) is 0 Å². The van der Waals surface area contributed by atoms with Crippen LogP contribution in [-0.4, -0.2) is 197 Å². The van der Waals surface area contributed by atoms with E-state index in [2.05, 4.69) is 63.2 Å². The molecule has 31 nitrogen and oxygen atoms in total. The molecule has 0 unspecified atom stereocenters. The van der Waals surface area contributed by atoms with Crippen LogP contribution in [0, 0.1) is 23.7 Å². The van der Waals surface area contributed by atoms with Gasteiger partial charge in [0.15, 0.2) is 0 Å². The van der Waals surface area contributed by atoms with Crippen LogP contribution in [0.4, 0.5) is 9.59 Å². The molecule has 0 aliphatic carbocycles. The van der Waals surface area contributed by atoms with Crippen molar-refractivity contribution in [2.75, 3.05) is 32.8 Å². The number of hydrogen-bond acceptors (Lipinski definition) is 17. The first-order valence-electron chi connectivity index (χ1n) is 34.6. The van der Waals surface area contributed by atoms with Crippen molar-refractivity contribution in [2.24, 2.45) is 28.8 Å². The molecule has 3 heterocycles. The monoisotopic (exact) mass is 1390 g/mol. The minimum atomic E-state index is -1.62. The lowest BCUT2D eigenvalue weighted by molar-refractivity contribution is -0.145. The number of nitrogens with zero attached hydrogens (tertiary/aromatic N) is 5. The molecular weight excluding hydrogens is 1280 g/mol. The van der Waals surface area contributed by atoms with E-state index in [0.29, 0.717) is 12.0 Å². The normalized spacial score (nSPS) is 24.8. The minimum Gasteiger partial charge on any atom is -0.466 e. The number of ether oxygens (including phenoxy) is 3. The van der Waals surface area contributed by atoms with E-state index in [0.717, 1.165) is 4.90 Å². The summed E-state index contributed by atoms with van der Waals surface area (Å²) in [6, 6.07) is -6.29. The molecule has 31 heteroatoms. The number of hydrogen-bond donors (Lipinski definition) is 10. The Bertz CT molecular complexity index is 3020. The zero-order valence-corrected chi connectivity index (χ0v) is 60.3. The zero-order chi connectivity index (χ0) is 74.1. The van der Waals surface area contributed by atoms with Crippen LogP contribution in [0.15, 0.2) is 35.4 Å². The highest BCUT2D eigenvalue weighted by Crippen LogP contribution is 2.26. The molecule has 3 aliphatic heterocycles. The molecule has 0 radical (unpaired) electrons. The Hall–Kier alpha value is -8.76. The lowest BCUT2D eigenvalue weighted by Crippen LogP contribution is -2.62. The van der Waals surface area contributed by atoms with Gasteiger partial charge in [-0.15, -0.1) is 0 Å². The lowest BCUT2D eigenvalue weighted by atomic mass is 9.99. The van der Waals surface area contributed by atoms with Gasteiger partial charge in [0, 0.05) is 43.9 Å². The molecule has 99 heavy (non-hydrogen) atoms. The largest absolute Gasteiger partial charge is 0.466 e. The van der Waals surface area contributed by atoms with Gasteiger partial charge < -0.3 is 77.2 Å². The third-order valence-corrected chi connectivity index (χ3v) is 16.5. The van der Waals surface area contributed by atoms with Crippen molar-refractivity contribution in [3.8, 4) is 0 Å². The number of esters is 1. The van der Waals surface area contributed by atoms with Crippen LogP contribution in [0.25, 0.3) is 10.4 Å². The van der Waals surface area contributed by atoms with Crippen LogP contribution >= 0.6 is 0 Å². The smallest absolute Gasteiger partial charge is 0.407 e. The molecule has 552 valence electrons. The molecule has 12 amide bonds. The van der Waals surface area contributed by atoms with E-state index in [1.807, 2.05) is 13.8 Å². The highest BCUT2D eigenvalue weighted by Gasteiger charge is 2.45. The van der Waals surface area contributed by atoms with E-state index in [1.165, 1.54) is 4.90 Å². The molecule has 0 spiro atoms. The summed E-state index contributed by atoms with van der Waals surface area (Å²) in [5.74, 6) is -11.0. The Balaban J connectivity index is 1.93. The average molecular weight is 1390 g/mol. The number of azide groups is 1. The van der Waals surface area contributed by atoms with Gasteiger partial charge in [-0.1, -0.05) is 90.8 Å². The van der Waals surface area contributed by atoms with Gasteiger partial charge in [0.2, 0.25) is 59.1 Å². The number of carbonyl (C=O) groups excluding carboxylic acids is 13. The summed E-state index contributed by atoms with van der Waals surface area (Å²) in [7, 11) is 0. The Kier molecular flexibility index (Phi) is 32.7. The average Bonchev–Trinajstić information content (AvgIpc) is 1.71. The number of rotatable bonds is 21. The van der Waals surface area contributed by atoms with Crippen molar-refractivity contribution in [3.63, 3.8) is 0 Å². The summed E-state index contributed by atoms with van der Waals surface area (Å²) in [5, 5.41) is 31.2. The van der Waals surface area contributed by atoms with Gasteiger partial charge >= 0.3 is 18.2 Å². The quantitative estimate of drug-likeness (QED) is 0.0209. The summed E-state index contributed by atoms with van der Waals surface area (Å²) < 4.78 is 16.0. The van der Waals surface area contributed by atoms with Crippen molar-refractivity contribution in [2.45, 2.75) is 259 Å². The van der Waals surface area contributed by atoms with Crippen molar-refractivity contribution in [3.05, 3.63) is 46.3 Å². The number of alkyl carbamates (subject to hydrolysis) is 2. The summed E-state index contributed by atoms with van der Waals surface area (Å²) in [4.78, 5) is 193. The second kappa shape index (κ2) is 39.1. The molecule has 3 fully saturated rings. The topological polar surface area (TPSA) is 425 Å². The summed E-state index contributed by atoms with van der Waals surface area (Å²) in [5.41, 5.74) is 8.59. The van der Waals surface area contributed by atoms with E-state index in [-0.39, 0.29) is 102 Å². The molecule has 0 aromatic heterocycles. The molecule has 1 aromatic rings. The molecule has 11 atom stereocenters. The first-order chi connectivity index (χ1) is 46.4. The molecule has 0 bridgehead atoms. The van der Waals surface area contributed by atoms with Crippen LogP contribution in [0.5, 0.6) is 0 Å². The zero-order valence-electron chi connectivity index (χ0n) is 60.3. The first kappa shape index (κ1) is 82.7. The molecule has 0 saturated carbocycles. The third-order valence-electron chi connectivity index (χ3n) is 16.5. The maximum atomic E-state index is 15.2. The van der Waals surface area contributed by atoms with E-state index >= 15 is 9.59 Å². The van der Waals surface area contributed by atoms with E-state index in [1.54, 1.807) is 120 Å². The van der Waals surface area contributed by atoms with Crippen LogP contribution in [0.1, 0.15) is 180 Å². The van der Waals surface area contributed by atoms with E-state index in [9.17, 15) is 58.3 Å². The van der Waals surface area contributed by atoms with Gasteiger partial charge in [-0.3, -0.25) is 52.7 Å². The fourth-order valence-corrected chi connectivity index (χ4v) is 11.7. The second-order valence-electron chi connectivity index (χ2n) is 29.1. The number of carbonyl (C=O) groups is 13. The number of amides is 12. The Morgan fingerprint density at radius 3 is 1.44 bits per heavy atom. The highest BCUT2D eigenvalue weighted by atomic mass is 16.6. The summed E-state index contributed by atoms with van der Waals surface area (Å²) >= 11 is 0. The van der Waals surface area contributed by atoms with Crippen LogP contribution < -0.4 is 53.2 Å². The Labute approximate surface area is 581 Å². The molecule has 10 N–H and O–H groups in total. The van der Waals surface area contributed by atoms with Crippen LogP contribution in [-0.2, 0) is 73.4 Å². The molecule has 3 saturated heterocycles. The molecule has 1 aromatic carbocycles. The van der Waals surface area contributed by atoms with Crippen LogP contribution in [0.2, 0.25) is 0 Å². The van der Waals surface area contributed by atoms with Crippen LogP contribution in [0.3, 0.4) is 0 Å². The van der Waals surface area contributed by atoms with Gasteiger partial charge in [-0.2, -0.15) is 0 Å². The van der Waals surface area contributed by atoms with Gasteiger partial charge in [-0.25, -0.2) is 9.59 Å².